The first-order chi connectivity index (χ1) is 11.8. The van der Waals surface area contributed by atoms with E-state index in [0.717, 1.165) is 25.9 Å². The number of hydrogen-bond donors (Lipinski definition) is 2. The van der Waals surface area contributed by atoms with Gasteiger partial charge in [0.1, 0.15) is 0 Å². The Morgan fingerprint density at radius 1 is 1.00 bits per heavy atom. The van der Waals surface area contributed by atoms with Crippen LogP contribution in [-0.4, -0.2) is 18.1 Å². The van der Waals surface area contributed by atoms with Gasteiger partial charge in [0.2, 0.25) is 0 Å². The molecule has 2 heterocycles. The third kappa shape index (κ3) is 2.99. The van der Waals surface area contributed by atoms with Crippen molar-refractivity contribution in [3.63, 3.8) is 0 Å². The SMILES string of the molecule is CC1=CC=C(c2cccc3[nH]c4c(c23)CCNCCCC4)C=CC1. The lowest BCUT2D eigenvalue weighted by molar-refractivity contribution is 0.636. The van der Waals surface area contributed by atoms with Crippen LogP contribution in [0, 0.1) is 0 Å². The van der Waals surface area contributed by atoms with Gasteiger partial charge in [0, 0.05) is 16.6 Å². The normalized spacial score (nSPS) is 18.9. The second-order valence-corrected chi connectivity index (χ2v) is 7.01. The molecule has 1 aliphatic carbocycles. The molecular weight excluding hydrogens is 292 g/mol. The Bertz CT molecular complexity index is 833. The van der Waals surface area contributed by atoms with Crippen molar-refractivity contribution in [2.24, 2.45) is 0 Å². The van der Waals surface area contributed by atoms with Crippen LogP contribution in [0.1, 0.15) is 43.0 Å². The summed E-state index contributed by atoms with van der Waals surface area (Å²) in [5.74, 6) is 0. The van der Waals surface area contributed by atoms with Crippen LogP contribution in [0.4, 0.5) is 0 Å². The molecule has 124 valence electrons. The number of allylic oxidation sites excluding steroid dienone is 6. The molecule has 0 saturated heterocycles. The maximum atomic E-state index is 3.72. The molecule has 0 radical (unpaired) electrons. The van der Waals surface area contributed by atoms with E-state index in [9.17, 15) is 0 Å². The number of nitrogens with one attached hydrogen (secondary N) is 2. The highest BCUT2D eigenvalue weighted by molar-refractivity contribution is 5.98. The van der Waals surface area contributed by atoms with E-state index < -0.39 is 0 Å². The van der Waals surface area contributed by atoms with Gasteiger partial charge in [0.15, 0.2) is 0 Å². The predicted molar refractivity (Wildman–Crippen MR) is 103 cm³/mol. The molecule has 1 aromatic carbocycles. The van der Waals surface area contributed by atoms with Crippen LogP contribution in [0.3, 0.4) is 0 Å². The summed E-state index contributed by atoms with van der Waals surface area (Å²) < 4.78 is 0. The molecule has 1 aromatic heterocycles. The molecule has 2 heteroatoms. The number of hydrogen-bond acceptors (Lipinski definition) is 1. The van der Waals surface area contributed by atoms with E-state index in [1.165, 1.54) is 58.1 Å². The minimum absolute atomic E-state index is 1.05. The first-order valence-electron chi connectivity index (χ1n) is 9.20. The summed E-state index contributed by atoms with van der Waals surface area (Å²) in [6.07, 6.45) is 15.0. The molecule has 1 aliphatic heterocycles. The molecule has 24 heavy (non-hydrogen) atoms. The summed E-state index contributed by atoms with van der Waals surface area (Å²) in [5.41, 5.74) is 8.37. The van der Waals surface area contributed by atoms with Crippen LogP contribution < -0.4 is 5.32 Å². The highest BCUT2D eigenvalue weighted by Gasteiger charge is 2.16. The van der Waals surface area contributed by atoms with E-state index in [0.29, 0.717) is 0 Å². The van der Waals surface area contributed by atoms with Crippen molar-refractivity contribution >= 4 is 16.5 Å². The highest BCUT2D eigenvalue weighted by Crippen LogP contribution is 2.33. The Balaban J connectivity index is 1.87. The van der Waals surface area contributed by atoms with Gasteiger partial charge in [-0.1, -0.05) is 42.0 Å². The minimum Gasteiger partial charge on any atom is -0.358 e. The Labute approximate surface area is 144 Å². The molecule has 0 saturated carbocycles. The summed E-state index contributed by atoms with van der Waals surface area (Å²) in [5, 5.41) is 5.02. The van der Waals surface area contributed by atoms with Crippen LogP contribution in [0.5, 0.6) is 0 Å². The second kappa shape index (κ2) is 6.82. The van der Waals surface area contributed by atoms with E-state index in [4.69, 9.17) is 0 Å². The quantitative estimate of drug-likeness (QED) is 0.767. The smallest absolute Gasteiger partial charge is 0.0465 e. The fourth-order valence-electron chi connectivity index (χ4n) is 3.90. The van der Waals surface area contributed by atoms with E-state index in [2.05, 4.69) is 59.7 Å². The third-order valence-electron chi connectivity index (χ3n) is 5.19. The van der Waals surface area contributed by atoms with Crippen LogP contribution in [0.15, 0.2) is 48.1 Å². The van der Waals surface area contributed by atoms with Crippen LogP contribution in [0.2, 0.25) is 0 Å². The maximum Gasteiger partial charge on any atom is 0.0465 e. The molecule has 0 fully saturated rings. The second-order valence-electron chi connectivity index (χ2n) is 7.01. The average molecular weight is 318 g/mol. The van der Waals surface area contributed by atoms with Crippen molar-refractivity contribution in [3.05, 3.63) is 64.9 Å². The highest BCUT2D eigenvalue weighted by atomic mass is 14.8. The molecule has 4 rings (SSSR count). The first kappa shape index (κ1) is 15.5. The standard InChI is InChI=1S/C22H26N2/c1-16-6-4-7-17(12-11-16)18-8-5-10-21-22(18)19-13-15-23-14-3-2-9-20(19)24-21/h4-5,7-8,10-12,23-24H,2-3,6,9,13-15H2,1H3. The molecule has 0 unspecified atom stereocenters. The summed E-state index contributed by atoms with van der Waals surface area (Å²) >= 11 is 0. The van der Waals surface area contributed by atoms with Gasteiger partial charge < -0.3 is 10.3 Å². The van der Waals surface area contributed by atoms with Crippen molar-refractivity contribution in [2.45, 2.75) is 39.0 Å². The van der Waals surface area contributed by atoms with Gasteiger partial charge in [0.25, 0.3) is 0 Å². The lowest BCUT2D eigenvalue weighted by atomic mass is 9.95. The van der Waals surface area contributed by atoms with E-state index in [1.54, 1.807) is 0 Å². The molecule has 0 spiro atoms. The summed E-state index contributed by atoms with van der Waals surface area (Å²) in [6.45, 7) is 4.42. The molecule has 2 nitrogen and oxygen atoms in total. The van der Waals surface area contributed by atoms with Gasteiger partial charge in [-0.2, -0.15) is 0 Å². The number of benzene rings is 1. The number of aryl methyl sites for hydroxylation is 1. The van der Waals surface area contributed by atoms with Crippen molar-refractivity contribution < 1.29 is 0 Å². The van der Waals surface area contributed by atoms with Crippen LogP contribution in [-0.2, 0) is 12.8 Å². The van der Waals surface area contributed by atoms with Crippen molar-refractivity contribution in [3.8, 4) is 0 Å². The molecular formula is C22H26N2. The average Bonchev–Trinajstić information content (AvgIpc) is 2.85. The van der Waals surface area contributed by atoms with E-state index in [1.807, 2.05) is 0 Å². The zero-order valence-corrected chi connectivity index (χ0v) is 14.5. The number of H-pyrrole nitrogens is 1. The fourth-order valence-corrected chi connectivity index (χ4v) is 3.90. The van der Waals surface area contributed by atoms with Gasteiger partial charge in [-0.3, -0.25) is 0 Å². The lowest BCUT2D eigenvalue weighted by Gasteiger charge is -2.08. The first-order valence-corrected chi connectivity index (χ1v) is 9.20. The van der Waals surface area contributed by atoms with Crippen molar-refractivity contribution in [1.82, 2.24) is 10.3 Å². The molecule has 0 bridgehead atoms. The topological polar surface area (TPSA) is 27.8 Å². The lowest BCUT2D eigenvalue weighted by Crippen LogP contribution is -2.17. The number of aromatic nitrogens is 1. The summed E-state index contributed by atoms with van der Waals surface area (Å²) in [7, 11) is 0. The van der Waals surface area contributed by atoms with Gasteiger partial charge in [0.05, 0.1) is 0 Å². The summed E-state index contributed by atoms with van der Waals surface area (Å²) in [4.78, 5) is 3.72. The third-order valence-corrected chi connectivity index (χ3v) is 5.19. The molecule has 0 atom stereocenters. The number of rotatable bonds is 1. The van der Waals surface area contributed by atoms with Crippen LogP contribution in [0.25, 0.3) is 16.5 Å². The van der Waals surface area contributed by atoms with Crippen molar-refractivity contribution in [2.75, 3.05) is 13.1 Å². The van der Waals surface area contributed by atoms with Gasteiger partial charge in [-0.05, 0) is 74.9 Å². The number of fused-ring (bicyclic) bond motifs is 3. The van der Waals surface area contributed by atoms with Crippen LogP contribution >= 0.6 is 0 Å². The van der Waals surface area contributed by atoms with E-state index in [-0.39, 0.29) is 0 Å². The zero-order valence-electron chi connectivity index (χ0n) is 14.5. The minimum atomic E-state index is 1.05. The number of aromatic amines is 1. The van der Waals surface area contributed by atoms with E-state index >= 15 is 0 Å². The Hall–Kier alpha value is -2.06. The molecule has 2 aromatic rings. The monoisotopic (exact) mass is 318 g/mol. The summed E-state index contributed by atoms with van der Waals surface area (Å²) in [6, 6.07) is 6.69. The van der Waals surface area contributed by atoms with Crippen molar-refractivity contribution in [1.29, 1.82) is 0 Å². The Morgan fingerprint density at radius 3 is 2.92 bits per heavy atom. The van der Waals surface area contributed by atoms with Gasteiger partial charge >= 0.3 is 0 Å². The largest absolute Gasteiger partial charge is 0.358 e. The molecule has 2 aliphatic rings. The fraction of sp³-hybridized carbons (Fsp3) is 0.364. The molecule has 2 N–H and O–H groups in total. The zero-order chi connectivity index (χ0) is 16.4. The molecule has 0 amide bonds. The predicted octanol–water partition coefficient (Wildman–Crippen LogP) is 4.93. The Morgan fingerprint density at radius 2 is 1.96 bits per heavy atom. The van der Waals surface area contributed by atoms with Gasteiger partial charge in [-0.15, -0.1) is 0 Å². The Kier molecular flexibility index (Phi) is 4.40. The maximum absolute atomic E-state index is 3.72. The van der Waals surface area contributed by atoms with Gasteiger partial charge in [-0.25, -0.2) is 0 Å².